The fraction of sp³-hybridized carbons (Fsp3) is 0.300. The lowest BCUT2D eigenvalue weighted by Gasteiger charge is -2.11. The van der Waals surface area contributed by atoms with E-state index >= 15 is 0 Å². The molecule has 100 valence electrons. The van der Waals surface area contributed by atoms with Gasteiger partial charge in [0.25, 0.3) is 0 Å². The topological polar surface area (TPSA) is 84.5 Å². The Balaban J connectivity index is 2.79. The lowest BCUT2D eigenvalue weighted by atomic mass is 10.2. The molecule has 18 heavy (non-hydrogen) atoms. The van der Waals surface area contributed by atoms with Crippen LogP contribution < -0.4 is 9.44 Å². The average Bonchev–Trinajstić information content (AvgIpc) is 2.21. The van der Waals surface area contributed by atoms with Crippen molar-refractivity contribution in [3.8, 4) is 0 Å². The monoisotopic (exact) mass is 336 g/mol. The maximum atomic E-state index is 11.6. The fourth-order valence-corrected chi connectivity index (χ4v) is 2.51. The number of ether oxygens (including phenoxy) is 1. The number of nitrogens with one attached hydrogen (secondary N) is 2. The fourth-order valence-electron chi connectivity index (χ4n) is 1.18. The van der Waals surface area contributed by atoms with E-state index in [9.17, 15) is 13.2 Å². The van der Waals surface area contributed by atoms with Gasteiger partial charge in [-0.1, -0.05) is 15.9 Å². The second kappa shape index (κ2) is 6.05. The van der Waals surface area contributed by atoms with Crippen LogP contribution in [0.1, 0.15) is 12.5 Å². The van der Waals surface area contributed by atoms with Gasteiger partial charge in [0, 0.05) is 4.47 Å². The van der Waals surface area contributed by atoms with Crippen LogP contribution in [0.4, 0.5) is 10.5 Å². The van der Waals surface area contributed by atoms with Crippen LogP contribution in [-0.4, -0.2) is 21.1 Å². The summed E-state index contributed by atoms with van der Waals surface area (Å²) in [5.74, 6) is 0. The summed E-state index contributed by atoms with van der Waals surface area (Å²) < 4.78 is 32.5. The van der Waals surface area contributed by atoms with Gasteiger partial charge >= 0.3 is 16.3 Å². The second-order valence-corrected chi connectivity index (χ2v) is 5.72. The van der Waals surface area contributed by atoms with Crippen molar-refractivity contribution < 1.29 is 17.9 Å². The molecule has 2 N–H and O–H groups in total. The Labute approximate surface area is 114 Å². The molecule has 1 aromatic carbocycles. The Kier molecular flexibility index (Phi) is 4.97. The standard InChI is InChI=1S/C10H13BrN2O4S/c1-3-17-10(14)13-18(15,16)12-9-5-4-8(11)6-7(9)2/h4-6,12H,3H2,1-2H3,(H,13,14). The molecule has 0 fully saturated rings. The van der Waals surface area contributed by atoms with Crippen LogP contribution in [0.3, 0.4) is 0 Å². The molecule has 0 aliphatic rings. The van der Waals surface area contributed by atoms with E-state index in [4.69, 9.17) is 0 Å². The second-order valence-electron chi connectivity index (χ2n) is 3.39. The first kappa shape index (κ1) is 14.8. The highest BCUT2D eigenvalue weighted by atomic mass is 79.9. The highest BCUT2D eigenvalue weighted by Crippen LogP contribution is 2.20. The Bertz CT molecular complexity index is 545. The molecular weight excluding hydrogens is 324 g/mol. The van der Waals surface area contributed by atoms with Crippen LogP contribution in [0.15, 0.2) is 22.7 Å². The minimum Gasteiger partial charge on any atom is -0.449 e. The lowest BCUT2D eigenvalue weighted by Crippen LogP contribution is -2.35. The van der Waals surface area contributed by atoms with E-state index in [1.807, 2.05) is 0 Å². The number of hydrogen-bond acceptors (Lipinski definition) is 4. The van der Waals surface area contributed by atoms with E-state index in [1.165, 1.54) is 0 Å². The molecule has 0 saturated carbocycles. The van der Waals surface area contributed by atoms with Gasteiger partial charge < -0.3 is 4.74 Å². The molecule has 0 radical (unpaired) electrons. The zero-order chi connectivity index (χ0) is 13.8. The zero-order valence-electron chi connectivity index (χ0n) is 9.86. The molecule has 8 heteroatoms. The van der Waals surface area contributed by atoms with Gasteiger partial charge in [0.15, 0.2) is 0 Å². The van der Waals surface area contributed by atoms with Crippen LogP contribution in [0.2, 0.25) is 0 Å². The Morgan fingerprint density at radius 3 is 2.67 bits per heavy atom. The number of carbonyl (C=O) groups excluding carboxylic acids is 1. The van der Waals surface area contributed by atoms with Gasteiger partial charge in [-0.05, 0) is 37.6 Å². The number of halogens is 1. The van der Waals surface area contributed by atoms with Crippen molar-refractivity contribution in [1.29, 1.82) is 0 Å². The summed E-state index contributed by atoms with van der Waals surface area (Å²) in [6, 6.07) is 5.03. The summed E-state index contributed by atoms with van der Waals surface area (Å²) in [6.45, 7) is 3.42. The Hall–Kier alpha value is -1.28. The van der Waals surface area contributed by atoms with Crippen LogP contribution in [0, 0.1) is 6.92 Å². The van der Waals surface area contributed by atoms with E-state index in [-0.39, 0.29) is 6.61 Å². The lowest BCUT2D eigenvalue weighted by molar-refractivity contribution is 0.159. The Morgan fingerprint density at radius 1 is 1.44 bits per heavy atom. The molecule has 6 nitrogen and oxygen atoms in total. The van der Waals surface area contributed by atoms with Crippen molar-refractivity contribution in [2.75, 3.05) is 11.3 Å². The largest absolute Gasteiger partial charge is 0.449 e. The molecule has 0 aliphatic heterocycles. The molecule has 0 saturated heterocycles. The van der Waals surface area contributed by atoms with Gasteiger partial charge in [0.05, 0.1) is 12.3 Å². The zero-order valence-corrected chi connectivity index (χ0v) is 12.3. The number of carbonyl (C=O) groups is 1. The summed E-state index contributed by atoms with van der Waals surface area (Å²) in [5, 5.41) is 0. The van der Waals surface area contributed by atoms with Gasteiger partial charge in [-0.2, -0.15) is 8.42 Å². The first-order valence-electron chi connectivity index (χ1n) is 5.07. The maximum Gasteiger partial charge on any atom is 0.422 e. The van der Waals surface area contributed by atoms with E-state index in [0.29, 0.717) is 5.69 Å². The minimum atomic E-state index is -3.98. The number of anilines is 1. The Morgan fingerprint density at radius 2 is 2.11 bits per heavy atom. The van der Waals surface area contributed by atoms with Crippen molar-refractivity contribution in [3.05, 3.63) is 28.2 Å². The van der Waals surface area contributed by atoms with Crippen LogP contribution in [0.5, 0.6) is 0 Å². The van der Waals surface area contributed by atoms with E-state index in [2.05, 4.69) is 25.4 Å². The van der Waals surface area contributed by atoms with E-state index in [0.717, 1.165) is 10.0 Å². The predicted molar refractivity (Wildman–Crippen MR) is 71.6 cm³/mol. The number of hydrogen-bond donors (Lipinski definition) is 2. The van der Waals surface area contributed by atoms with Crippen LogP contribution >= 0.6 is 15.9 Å². The van der Waals surface area contributed by atoms with Crippen LogP contribution in [0.25, 0.3) is 0 Å². The van der Waals surface area contributed by atoms with E-state index < -0.39 is 16.3 Å². The summed E-state index contributed by atoms with van der Waals surface area (Å²) in [7, 11) is -3.98. The molecule has 0 bridgehead atoms. The first-order valence-corrected chi connectivity index (χ1v) is 7.35. The molecular formula is C10H13BrN2O4S. The third-order valence-electron chi connectivity index (χ3n) is 1.93. The highest BCUT2D eigenvalue weighted by Gasteiger charge is 2.15. The molecule has 0 atom stereocenters. The van der Waals surface area contributed by atoms with Gasteiger partial charge in [0.2, 0.25) is 0 Å². The van der Waals surface area contributed by atoms with Gasteiger partial charge in [-0.25, -0.2) is 9.52 Å². The number of benzene rings is 1. The molecule has 0 spiro atoms. The number of aryl methyl sites for hydroxylation is 1. The highest BCUT2D eigenvalue weighted by molar-refractivity contribution is 9.10. The van der Waals surface area contributed by atoms with Gasteiger partial charge in [-0.15, -0.1) is 0 Å². The smallest absolute Gasteiger partial charge is 0.422 e. The van der Waals surface area contributed by atoms with Gasteiger partial charge in [-0.3, -0.25) is 4.72 Å². The third-order valence-corrected chi connectivity index (χ3v) is 3.34. The van der Waals surface area contributed by atoms with Crippen LogP contribution in [-0.2, 0) is 14.9 Å². The van der Waals surface area contributed by atoms with Crippen molar-refractivity contribution in [2.24, 2.45) is 0 Å². The normalized spacial score (nSPS) is 10.8. The number of rotatable bonds is 4. The maximum absolute atomic E-state index is 11.6. The first-order chi connectivity index (χ1) is 8.34. The summed E-state index contributed by atoms with van der Waals surface area (Å²) in [4.78, 5) is 11.0. The molecule has 0 aromatic heterocycles. The molecule has 0 heterocycles. The predicted octanol–water partition coefficient (Wildman–Crippen LogP) is 2.16. The average molecular weight is 337 g/mol. The summed E-state index contributed by atoms with van der Waals surface area (Å²) in [6.07, 6.45) is -1.01. The van der Waals surface area contributed by atoms with E-state index in [1.54, 1.807) is 36.8 Å². The van der Waals surface area contributed by atoms with Crippen molar-refractivity contribution >= 4 is 37.9 Å². The number of amides is 1. The van der Waals surface area contributed by atoms with Crippen molar-refractivity contribution in [1.82, 2.24) is 4.72 Å². The quantitative estimate of drug-likeness (QED) is 0.882. The molecule has 1 aromatic rings. The summed E-state index contributed by atoms with van der Waals surface area (Å²) >= 11 is 3.27. The van der Waals surface area contributed by atoms with Crippen molar-refractivity contribution in [3.63, 3.8) is 0 Å². The minimum absolute atomic E-state index is 0.0959. The summed E-state index contributed by atoms with van der Waals surface area (Å²) in [5.41, 5.74) is 1.11. The molecule has 1 rings (SSSR count). The third kappa shape index (κ3) is 4.53. The molecule has 0 unspecified atom stereocenters. The SMILES string of the molecule is CCOC(=O)NS(=O)(=O)Nc1ccc(Br)cc1C. The molecule has 1 amide bonds. The van der Waals surface area contributed by atoms with Gasteiger partial charge in [0.1, 0.15) is 0 Å². The van der Waals surface area contributed by atoms with Crippen molar-refractivity contribution in [2.45, 2.75) is 13.8 Å². The molecule has 0 aliphatic carbocycles.